The Morgan fingerprint density at radius 1 is 0.931 bits per heavy atom. The normalized spacial score (nSPS) is 17.9. The standard InChI is InChI=1S/C25H34FN3/c1-27(2)14-9-21-3-6-22-11-18-29(25(22)19-21)24-12-16-28(17-13-24)15-10-20-4-7-23(26)8-5-20/h3-8,19,24H,9-18H2,1-2H3. The lowest BCUT2D eigenvalue weighted by Crippen LogP contribution is -2.45. The fourth-order valence-electron chi connectivity index (χ4n) is 4.73. The average Bonchev–Trinajstić information content (AvgIpc) is 3.15. The molecule has 0 bridgehead atoms. The van der Waals surface area contributed by atoms with Crippen LogP contribution in [0.15, 0.2) is 42.5 Å². The summed E-state index contributed by atoms with van der Waals surface area (Å²) < 4.78 is 13.1. The van der Waals surface area contributed by atoms with Crippen molar-refractivity contribution in [1.82, 2.24) is 9.80 Å². The summed E-state index contributed by atoms with van der Waals surface area (Å²) in [6.07, 6.45) is 5.80. The molecule has 0 unspecified atom stereocenters. The maximum atomic E-state index is 13.1. The van der Waals surface area contributed by atoms with Crippen LogP contribution in [0.3, 0.4) is 0 Å². The predicted molar refractivity (Wildman–Crippen MR) is 119 cm³/mol. The van der Waals surface area contributed by atoms with E-state index in [1.54, 1.807) is 12.1 Å². The van der Waals surface area contributed by atoms with Gasteiger partial charge in [-0.1, -0.05) is 24.3 Å². The van der Waals surface area contributed by atoms with Crippen LogP contribution in [0.1, 0.15) is 29.5 Å². The van der Waals surface area contributed by atoms with Gasteiger partial charge in [-0.3, -0.25) is 0 Å². The van der Waals surface area contributed by atoms with Crippen molar-refractivity contribution in [2.24, 2.45) is 0 Å². The quantitative estimate of drug-likeness (QED) is 0.702. The van der Waals surface area contributed by atoms with Gasteiger partial charge in [0.2, 0.25) is 0 Å². The Balaban J connectivity index is 1.30. The molecule has 0 spiro atoms. The van der Waals surface area contributed by atoms with Crippen molar-refractivity contribution in [3.63, 3.8) is 0 Å². The van der Waals surface area contributed by atoms with E-state index in [4.69, 9.17) is 0 Å². The first-order valence-corrected chi connectivity index (χ1v) is 11.1. The third kappa shape index (κ3) is 5.18. The molecule has 29 heavy (non-hydrogen) atoms. The number of piperidine rings is 1. The predicted octanol–water partition coefficient (Wildman–Crippen LogP) is 4.00. The highest BCUT2D eigenvalue weighted by Crippen LogP contribution is 2.33. The molecular formula is C25H34FN3. The second kappa shape index (κ2) is 9.27. The zero-order valence-corrected chi connectivity index (χ0v) is 17.9. The van der Waals surface area contributed by atoms with Crippen molar-refractivity contribution >= 4 is 5.69 Å². The zero-order chi connectivity index (χ0) is 20.2. The molecule has 0 aromatic heterocycles. The molecule has 2 aromatic rings. The molecule has 4 rings (SSSR count). The van der Waals surface area contributed by atoms with Crippen LogP contribution >= 0.6 is 0 Å². The summed E-state index contributed by atoms with van der Waals surface area (Å²) in [6.45, 7) is 5.68. The molecule has 0 N–H and O–H groups in total. The number of fused-ring (bicyclic) bond motifs is 1. The van der Waals surface area contributed by atoms with Crippen LogP contribution in [-0.4, -0.2) is 62.7 Å². The summed E-state index contributed by atoms with van der Waals surface area (Å²) in [7, 11) is 4.28. The molecule has 0 saturated carbocycles. The number of anilines is 1. The van der Waals surface area contributed by atoms with E-state index in [0.717, 1.165) is 39.0 Å². The van der Waals surface area contributed by atoms with Crippen LogP contribution in [0.25, 0.3) is 0 Å². The third-order valence-electron chi connectivity index (χ3n) is 6.56. The highest BCUT2D eigenvalue weighted by Gasteiger charge is 2.29. The van der Waals surface area contributed by atoms with Crippen molar-refractivity contribution in [2.45, 2.75) is 38.1 Å². The lowest BCUT2D eigenvalue weighted by Gasteiger charge is -2.38. The number of nitrogens with zero attached hydrogens (tertiary/aromatic N) is 3. The Kier molecular flexibility index (Phi) is 6.51. The molecule has 2 heterocycles. The van der Waals surface area contributed by atoms with Crippen molar-refractivity contribution in [1.29, 1.82) is 0 Å². The molecular weight excluding hydrogens is 361 g/mol. The molecule has 0 radical (unpaired) electrons. The molecule has 0 amide bonds. The fraction of sp³-hybridized carbons (Fsp3) is 0.520. The molecule has 2 aromatic carbocycles. The van der Waals surface area contributed by atoms with Gasteiger partial charge in [0.1, 0.15) is 5.82 Å². The van der Waals surface area contributed by atoms with Gasteiger partial charge < -0.3 is 14.7 Å². The van der Waals surface area contributed by atoms with E-state index in [0.29, 0.717) is 6.04 Å². The Hall–Kier alpha value is -1.91. The summed E-state index contributed by atoms with van der Waals surface area (Å²) in [5, 5.41) is 0. The van der Waals surface area contributed by atoms with Gasteiger partial charge >= 0.3 is 0 Å². The van der Waals surface area contributed by atoms with Crippen molar-refractivity contribution in [3.8, 4) is 0 Å². The van der Waals surface area contributed by atoms with Gasteiger partial charge in [-0.2, -0.15) is 0 Å². The van der Waals surface area contributed by atoms with Crippen LogP contribution in [-0.2, 0) is 19.3 Å². The van der Waals surface area contributed by atoms with Gasteiger partial charge in [-0.25, -0.2) is 4.39 Å². The van der Waals surface area contributed by atoms with Gasteiger partial charge in [0.15, 0.2) is 0 Å². The summed E-state index contributed by atoms with van der Waals surface area (Å²) in [5.41, 5.74) is 5.71. The minimum absolute atomic E-state index is 0.148. The first-order valence-electron chi connectivity index (χ1n) is 11.1. The fourth-order valence-corrected chi connectivity index (χ4v) is 4.73. The van der Waals surface area contributed by atoms with Gasteiger partial charge in [-0.15, -0.1) is 0 Å². The molecule has 4 heteroatoms. The van der Waals surface area contributed by atoms with E-state index in [1.807, 2.05) is 12.1 Å². The first-order chi connectivity index (χ1) is 14.1. The van der Waals surface area contributed by atoms with E-state index in [1.165, 1.54) is 48.2 Å². The van der Waals surface area contributed by atoms with Gasteiger partial charge in [0, 0.05) is 44.5 Å². The topological polar surface area (TPSA) is 9.72 Å². The molecule has 156 valence electrons. The molecule has 1 saturated heterocycles. The highest BCUT2D eigenvalue weighted by atomic mass is 19.1. The molecule has 3 nitrogen and oxygen atoms in total. The second-order valence-electron chi connectivity index (χ2n) is 8.91. The molecule has 1 fully saturated rings. The molecule has 2 aliphatic heterocycles. The number of halogens is 1. The number of likely N-dealkylation sites (N-methyl/N-ethyl adjacent to an activating group) is 1. The summed E-state index contributed by atoms with van der Waals surface area (Å²) in [6, 6.07) is 14.8. The highest BCUT2D eigenvalue weighted by molar-refractivity contribution is 5.60. The molecule has 0 aliphatic carbocycles. The minimum Gasteiger partial charge on any atom is -0.368 e. The maximum Gasteiger partial charge on any atom is 0.123 e. The van der Waals surface area contributed by atoms with Crippen molar-refractivity contribution in [2.75, 3.05) is 51.7 Å². The number of benzene rings is 2. The minimum atomic E-state index is -0.148. The number of hydrogen-bond donors (Lipinski definition) is 0. The summed E-state index contributed by atoms with van der Waals surface area (Å²) >= 11 is 0. The van der Waals surface area contributed by atoms with E-state index in [9.17, 15) is 4.39 Å². The smallest absolute Gasteiger partial charge is 0.123 e. The van der Waals surface area contributed by atoms with Crippen LogP contribution in [0, 0.1) is 5.82 Å². The van der Waals surface area contributed by atoms with E-state index < -0.39 is 0 Å². The van der Waals surface area contributed by atoms with Gasteiger partial charge in [0.25, 0.3) is 0 Å². The van der Waals surface area contributed by atoms with Crippen LogP contribution in [0.5, 0.6) is 0 Å². The first kappa shape index (κ1) is 20.4. The molecule has 2 aliphatic rings. The van der Waals surface area contributed by atoms with Crippen molar-refractivity contribution < 1.29 is 4.39 Å². The lowest BCUT2D eigenvalue weighted by molar-refractivity contribution is 0.212. The Morgan fingerprint density at radius 2 is 1.66 bits per heavy atom. The zero-order valence-electron chi connectivity index (χ0n) is 17.9. The van der Waals surface area contributed by atoms with Gasteiger partial charge in [-0.05, 0) is 81.1 Å². The second-order valence-corrected chi connectivity index (χ2v) is 8.91. The van der Waals surface area contributed by atoms with Crippen LogP contribution in [0.4, 0.5) is 10.1 Å². The SMILES string of the molecule is CN(C)CCc1ccc2c(c1)N(C1CCN(CCc3ccc(F)cc3)CC1)CC2. The van der Waals surface area contributed by atoms with Crippen molar-refractivity contribution in [3.05, 3.63) is 65.0 Å². The third-order valence-corrected chi connectivity index (χ3v) is 6.56. The van der Waals surface area contributed by atoms with Crippen LogP contribution in [0.2, 0.25) is 0 Å². The largest absolute Gasteiger partial charge is 0.368 e. The summed E-state index contributed by atoms with van der Waals surface area (Å²) in [4.78, 5) is 7.52. The van der Waals surface area contributed by atoms with E-state index in [-0.39, 0.29) is 5.82 Å². The number of likely N-dealkylation sites (tertiary alicyclic amines) is 1. The maximum absolute atomic E-state index is 13.1. The Bertz CT molecular complexity index is 794. The number of rotatable bonds is 7. The molecule has 0 atom stereocenters. The van der Waals surface area contributed by atoms with E-state index >= 15 is 0 Å². The lowest BCUT2D eigenvalue weighted by atomic mass is 10.0. The Labute approximate surface area is 175 Å². The average molecular weight is 396 g/mol. The van der Waals surface area contributed by atoms with Crippen LogP contribution < -0.4 is 4.90 Å². The van der Waals surface area contributed by atoms with Gasteiger partial charge in [0.05, 0.1) is 0 Å². The monoisotopic (exact) mass is 395 g/mol. The summed E-state index contributed by atoms with van der Waals surface area (Å²) in [5.74, 6) is -0.148. The Morgan fingerprint density at radius 3 is 2.38 bits per heavy atom. The van der Waals surface area contributed by atoms with E-state index in [2.05, 4.69) is 47.0 Å². The number of hydrogen-bond acceptors (Lipinski definition) is 3.